The van der Waals surface area contributed by atoms with Gasteiger partial charge in [-0.2, -0.15) is 0 Å². The zero-order chi connectivity index (χ0) is 17.9. The summed E-state index contributed by atoms with van der Waals surface area (Å²) < 4.78 is 0. The van der Waals surface area contributed by atoms with Crippen molar-refractivity contribution in [1.29, 1.82) is 0 Å². The highest BCUT2D eigenvalue weighted by Crippen LogP contribution is 2.24. The fraction of sp³-hybridized carbons (Fsp3) is 0.789. The highest BCUT2D eigenvalue weighted by atomic mass is 32.1. The fourth-order valence-electron chi connectivity index (χ4n) is 3.33. The number of hydrogen-bond acceptors (Lipinski definition) is 4. The van der Waals surface area contributed by atoms with Gasteiger partial charge < -0.3 is 5.32 Å². The van der Waals surface area contributed by atoms with Crippen molar-refractivity contribution < 1.29 is 4.79 Å². The quantitative estimate of drug-likeness (QED) is 0.846. The molecule has 4 nitrogen and oxygen atoms in total. The van der Waals surface area contributed by atoms with E-state index in [1.54, 1.807) is 11.3 Å². The Hall–Kier alpha value is -0.940. The molecule has 0 aromatic carbocycles. The van der Waals surface area contributed by atoms with E-state index >= 15 is 0 Å². The summed E-state index contributed by atoms with van der Waals surface area (Å²) in [5.41, 5.74) is 0.849. The van der Waals surface area contributed by atoms with Gasteiger partial charge in [0.05, 0.1) is 10.7 Å². The van der Waals surface area contributed by atoms with Gasteiger partial charge in [-0.05, 0) is 52.0 Å². The summed E-state index contributed by atoms with van der Waals surface area (Å²) >= 11 is 1.55. The van der Waals surface area contributed by atoms with Crippen LogP contribution in [0.4, 0.5) is 0 Å². The smallest absolute Gasteiger partial charge is 0.263 e. The largest absolute Gasteiger partial charge is 0.349 e. The summed E-state index contributed by atoms with van der Waals surface area (Å²) in [6.07, 6.45) is 3.51. The van der Waals surface area contributed by atoms with Crippen LogP contribution in [0, 0.1) is 18.8 Å². The lowest BCUT2D eigenvalue weighted by molar-refractivity contribution is 0.0658. The first-order valence-electron chi connectivity index (χ1n) is 9.18. The number of thiazole rings is 1. The van der Waals surface area contributed by atoms with Crippen molar-refractivity contribution in [1.82, 2.24) is 15.2 Å². The molecule has 2 rings (SSSR count). The van der Waals surface area contributed by atoms with Crippen molar-refractivity contribution in [3.8, 4) is 0 Å². The maximum absolute atomic E-state index is 12.6. The molecule has 0 spiro atoms. The van der Waals surface area contributed by atoms with Crippen molar-refractivity contribution in [3.63, 3.8) is 0 Å². The number of piperidine rings is 1. The predicted molar refractivity (Wildman–Crippen MR) is 102 cm³/mol. The number of nitrogens with one attached hydrogen (secondary N) is 1. The Kier molecular flexibility index (Phi) is 6.43. The summed E-state index contributed by atoms with van der Waals surface area (Å²) in [4.78, 5) is 20.5. The number of rotatable bonds is 6. The van der Waals surface area contributed by atoms with Gasteiger partial charge in [-0.15, -0.1) is 11.3 Å². The number of carbonyl (C=O) groups is 1. The van der Waals surface area contributed by atoms with Crippen molar-refractivity contribution >= 4 is 17.2 Å². The zero-order valence-corrected chi connectivity index (χ0v) is 16.9. The van der Waals surface area contributed by atoms with E-state index in [1.807, 2.05) is 6.92 Å². The molecule has 1 aliphatic heterocycles. The van der Waals surface area contributed by atoms with Gasteiger partial charge in [-0.1, -0.05) is 20.8 Å². The van der Waals surface area contributed by atoms with E-state index < -0.39 is 0 Å². The Bertz CT molecular complexity index is 565. The number of carbonyl (C=O) groups excluding carboxylic acids is 1. The van der Waals surface area contributed by atoms with Crippen molar-refractivity contribution in [3.05, 3.63) is 15.6 Å². The first kappa shape index (κ1) is 19.4. The lowest BCUT2D eigenvalue weighted by Crippen LogP contribution is -2.54. The summed E-state index contributed by atoms with van der Waals surface area (Å²) in [6.45, 7) is 16.0. The molecule has 0 saturated carbocycles. The fourth-order valence-corrected chi connectivity index (χ4v) is 4.52. The monoisotopic (exact) mass is 351 g/mol. The molecule has 1 aliphatic rings. The minimum atomic E-state index is -0.0102. The second kappa shape index (κ2) is 7.96. The number of aromatic nitrogens is 1. The van der Waals surface area contributed by atoms with Crippen LogP contribution in [0.5, 0.6) is 0 Å². The number of hydrogen-bond donors (Lipinski definition) is 1. The molecule has 24 heavy (non-hydrogen) atoms. The maximum atomic E-state index is 12.6. The van der Waals surface area contributed by atoms with Crippen LogP contribution in [-0.2, 0) is 6.42 Å². The summed E-state index contributed by atoms with van der Waals surface area (Å²) in [5.74, 6) is 1.33. The molecule has 1 amide bonds. The van der Waals surface area contributed by atoms with Crippen LogP contribution in [0.3, 0.4) is 0 Å². The standard InChI is InChI=1S/C19H33N3OS/c1-13(2)10-16-21-15(4)17(24-16)18(23)20-12-19(5,6)22-9-7-8-14(3)11-22/h13-14H,7-12H2,1-6H3,(H,20,23). The van der Waals surface area contributed by atoms with Crippen LogP contribution < -0.4 is 5.32 Å². The van der Waals surface area contributed by atoms with Gasteiger partial charge in [0.2, 0.25) is 0 Å². The van der Waals surface area contributed by atoms with E-state index in [0.29, 0.717) is 12.5 Å². The van der Waals surface area contributed by atoms with Gasteiger partial charge in [0.15, 0.2) is 0 Å². The molecule has 1 N–H and O–H groups in total. The Morgan fingerprint density at radius 2 is 2.17 bits per heavy atom. The molecular weight excluding hydrogens is 318 g/mol. The third-order valence-corrected chi connectivity index (χ3v) is 6.00. The zero-order valence-electron chi connectivity index (χ0n) is 16.1. The van der Waals surface area contributed by atoms with Gasteiger partial charge in [-0.3, -0.25) is 9.69 Å². The Morgan fingerprint density at radius 3 is 2.79 bits per heavy atom. The highest BCUT2D eigenvalue weighted by Gasteiger charge is 2.30. The first-order valence-corrected chi connectivity index (χ1v) is 10.00. The number of amides is 1. The van der Waals surface area contributed by atoms with Crippen LogP contribution in [0.1, 0.15) is 67.8 Å². The molecule has 1 fully saturated rings. The molecule has 1 aromatic heterocycles. The van der Waals surface area contributed by atoms with Gasteiger partial charge in [0.25, 0.3) is 5.91 Å². The Labute approximate surface area is 151 Å². The molecular formula is C19H33N3OS. The maximum Gasteiger partial charge on any atom is 0.263 e. The average Bonchev–Trinajstić information content (AvgIpc) is 2.84. The lowest BCUT2D eigenvalue weighted by atomic mass is 9.93. The molecule has 0 aliphatic carbocycles. The summed E-state index contributed by atoms with van der Waals surface area (Å²) in [7, 11) is 0. The SMILES string of the molecule is Cc1nc(CC(C)C)sc1C(=O)NCC(C)(C)N1CCCC(C)C1. The predicted octanol–water partition coefficient (Wildman–Crippen LogP) is 3.89. The number of nitrogens with zero attached hydrogens (tertiary/aromatic N) is 2. The summed E-state index contributed by atoms with van der Waals surface area (Å²) in [6, 6.07) is 0. The minimum absolute atomic E-state index is 0.0102. The van der Waals surface area contributed by atoms with Crippen molar-refractivity contribution in [2.45, 2.75) is 66.3 Å². The molecule has 5 heteroatoms. The van der Waals surface area contributed by atoms with Crippen LogP contribution in [0.25, 0.3) is 0 Å². The number of aryl methyl sites for hydroxylation is 1. The molecule has 0 bridgehead atoms. The first-order chi connectivity index (χ1) is 11.2. The highest BCUT2D eigenvalue weighted by molar-refractivity contribution is 7.13. The summed E-state index contributed by atoms with van der Waals surface area (Å²) in [5, 5.41) is 4.22. The molecule has 136 valence electrons. The number of likely N-dealkylation sites (tertiary alicyclic amines) is 1. The molecule has 1 aromatic rings. The van der Waals surface area contributed by atoms with Crippen molar-refractivity contribution in [2.24, 2.45) is 11.8 Å². The lowest BCUT2D eigenvalue weighted by Gasteiger charge is -2.43. The van der Waals surface area contributed by atoms with Gasteiger partial charge in [0, 0.05) is 25.0 Å². The van der Waals surface area contributed by atoms with Crippen LogP contribution in [-0.4, -0.2) is 41.0 Å². The van der Waals surface area contributed by atoms with Gasteiger partial charge in [-0.25, -0.2) is 4.98 Å². The third kappa shape index (κ3) is 5.03. The minimum Gasteiger partial charge on any atom is -0.349 e. The van der Waals surface area contributed by atoms with E-state index in [1.165, 1.54) is 12.8 Å². The Balaban J connectivity index is 1.95. The molecule has 0 radical (unpaired) electrons. The van der Waals surface area contributed by atoms with E-state index in [2.05, 4.69) is 49.8 Å². The van der Waals surface area contributed by atoms with E-state index in [9.17, 15) is 4.79 Å². The average molecular weight is 352 g/mol. The second-order valence-electron chi connectivity index (χ2n) is 8.31. The Morgan fingerprint density at radius 1 is 1.46 bits per heavy atom. The van der Waals surface area contributed by atoms with E-state index in [-0.39, 0.29) is 11.4 Å². The topological polar surface area (TPSA) is 45.2 Å². The van der Waals surface area contributed by atoms with Crippen molar-refractivity contribution in [2.75, 3.05) is 19.6 Å². The second-order valence-corrected chi connectivity index (χ2v) is 9.39. The molecule has 2 heterocycles. The van der Waals surface area contributed by atoms with Crippen LogP contribution in [0.15, 0.2) is 0 Å². The molecule has 1 unspecified atom stereocenters. The van der Waals surface area contributed by atoms with E-state index in [4.69, 9.17) is 0 Å². The molecule has 1 saturated heterocycles. The third-order valence-electron chi connectivity index (χ3n) is 4.82. The van der Waals surface area contributed by atoms with Crippen LogP contribution in [0.2, 0.25) is 0 Å². The normalized spacial score (nSPS) is 19.7. The van der Waals surface area contributed by atoms with Gasteiger partial charge in [0.1, 0.15) is 4.88 Å². The van der Waals surface area contributed by atoms with Gasteiger partial charge >= 0.3 is 0 Å². The molecule has 1 atom stereocenters. The van der Waals surface area contributed by atoms with Crippen LogP contribution >= 0.6 is 11.3 Å². The van der Waals surface area contributed by atoms with E-state index in [0.717, 1.165) is 41.0 Å².